The van der Waals surface area contributed by atoms with Crippen LogP contribution in [0.4, 0.5) is 0 Å². The monoisotopic (exact) mass is 356 g/mol. The molecule has 5 heteroatoms. The van der Waals surface area contributed by atoms with Crippen LogP contribution >= 0.6 is 0 Å². The Morgan fingerprint density at radius 2 is 2.00 bits per heavy atom. The van der Waals surface area contributed by atoms with Gasteiger partial charge in [-0.15, -0.1) is 0 Å². The van der Waals surface area contributed by atoms with Gasteiger partial charge in [0, 0.05) is 37.1 Å². The number of allylic oxidation sites excluding steroid dienone is 2. The van der Waals surface area contributed by atoms with Crippen LogP contribution in [0.3, 0.4) is 0 Å². The van der Waals surface area contributed by atoms with Gasteiger partial charge in [-0.2, -0.15) is 0 Å². The third-order valence-corrected chi connectivity index (χ3v) is 4.58. The normalized spacial score (nSPS) is 27.0. The van der Waals surface area contributed by atoms with Crippen LogP contribution in [-0.4, -0.2) is 33.9 Å². The molecule has 0 heterocycles. The Balaban J connectivity index is 2.69. The van der Waals surface area contributed by atoms with Crippen molar-refractivity contribution in [3.05, 3.63) is 12.2 Å². The first-order valence-electron chi connectivity index (χ1n) is 11.0. The van der Waals surface area contributed by atoms with Gasteiger partial charge < -0.3 is 10.2 Å². The molecule has 5 nitrogen and oxygen atoms in total. The van der Waals surface area contributed by atoms with Crippen LogP contribution in [0.25, 0.3) is 0 Å². The van der Waals surface area contributed by atoms with Gasteiger partial charge in [-0.3, -0.25) is 14.4 Å². The summed E-state index contributed by atoms with van der Waals surface area (Å²) in [7, 11) is 0. The predicted octanol–water partition coefficient (Wildman–Crippen LogP) is 3.68. The average Bonchev–Trinajstić information content (AvgIpc) is 2.85. The molecule has 0 aromatic heterocycles. The van der Waals surface area contributed by atoms with Crippen molar-refractivity contribution in [3.63, 3.8) is 0 Å². The van der Waals surface area contributed by atoms with E-state index in [4.69, 9.17) is 10.6 Å². The summed E-state index contributed by atoms with van der Waals surface area (Å²) in [4.78, 5) is 35.0. The average molecular weight is 356 g/mol. The highest BCUT2D eigenvalue weighted by atomic mass is 16.4. The molecule has 0 radical (unpaired) electrons. The molecule has 0 aromatic carbocycles. The molecule has 1 aliphatic carbocycles. The molecular weight excluding hydrogens is 320 g/mol. The van der Waals surface area contributed by atoms with E-state index in [1.54, 1.807) is 0 Å². The fraction of sp³-hybridized carbons (Fsp3) is 0.750. The lowest BCUT2D eigenvalue weighted by Crippen LogP contribution is -2.21. The van der Waals surface area contributed by atoms with Crippen molar-refractivity contribution in [3.8, 4) is 0 Å². The summed E-state index contributed by atoms with van der Waals surface area (Å²) in [6.07, 6.45) is -0.483. The quantitative estimate of drug-likeness (QED) is 0.388. The first-order chi connectivity index (χ1) is 13.4. The molecule has 0 spiro atoms. The number of hydrogen-bond donors (Lipinski definition) is 2. The first kappa shape index (κ1) is 15.7. The number of ketones is 2. The second-order valence-corrected chi connectivity index (χ2v) is 6.57. The van der Waals surface area contributed by atoms with Crippen LogP contribution in [0.2, 0.25) is 0 Å². The second-order valence-electron chi connectivity index (χ2n) is 6.57. The first-order valence-corrected chi connectivity index (χ1v) is 9.03. The summed E-state index contributed by atoms with van der Waals surface area (Å²) in [6.45, 7) is 2.05. The number of rotatable bonds is 13. The third kappa shape index (κ3) is 8.43. The van der Waals surface area contributed by atoms with Gasteiger partial charge >= 0.3 is 5.97 Å². The molecule has 1 fully saturated rings. The fourth-order valence-corrected chi connectivity index (χ4v) is 3.20. The second kappa shape index (κ2) is 12.0. The van der Waals surface area contributed by atoms with Crippen molar-refractivity contribution in [1.29, 1.82) is 0 Å². The Morgan fingerprint density at radius 3 is 2.68 bits per heavy atom. The van der Waals surface area contributed by atoms with Crippen LogP contribution in [0.5, 0.6) is 0 Å². The lowest BCUT2D eigenvalue weighted by atomic mass is 9.86. The molecule has 2 N–H and O–H groups in total. The van der Waals surface area contributed by atoms with Crippen molar-refractivity contribution < 1.29 is 30.1 Å². The largest absolute Gasteiger partial charge is 0.481 e. The van der Waals surface area contributed by atoms with E-state index in [2.05, 4.69) is 6.92 Å². The van der Waals surface area contributed by atoms with Crippen molar-refractivity contribution >= 4 is 17.5 Å². The zero-order valence-electron chi connectivity index (χ0n) is 18.9. The van der Waals surface area contributed by atoms with Crippen molar-refractivity contribution in [2.45, 2.75) is 83.6 Å². The topological polar surface area (TPSA) is 91.7 Å². The third-order valence-electron chi connectivity index (χ3n) is 4.58. The predicted molar refractivity (Wildman–Crippen MR) is 96.2 cm³/mol. The summed E-state index contributed by atoms with van der Waals surface area (Å²) in [5, 5.41) is 18.9. The van der Waals surface area contributed by atoms with Crippen LogP contribution in [-0.2, 0) is 14.4 Å². The van der Waals surface area contributed by atoms with E-state index in [-0.39, 0.29) is 30.3 Å². The molecule has 0 aliphatic heterocycles. The highest BCUT2D eigenvalue weighted by molar-refractivity contribution is 5.84. The molecule has 0 bridgehead atoms. The van der Waals surface area contributed by atoms with Crippen LogP contribution in [0.1, 0.15) is 82.9 Å². The summed E-state index contributed by atoms with van der Waals surface area (Å²) in [6, 6.07) is 0. The number of carboxylic acids is 1. The zero-order valence-corrected chi connectivity index (χ0v) is 14.9. The maximum Gasteiger partial charge on any atom is 0.303 e. The number of aliphatic hydroxyl groups excluding tert-OH is 1. The van der Waals surface area contributed by atoms with Gasteiger partial charge in [0.15, 0.2) is 0 Å². The minimum atomic E-state index is -2.60. The fourth-order valence-electron chi connectivity index (χ4n) is 3.20. The minimum absolute atomic E-state index is 0.0000675. The smallest absolute Gasteiger partial charge is 0.303 e. The molecule has 25 heavy (non-hydrogen) atoms. The Hall–Kier alpha value is -1.49. The number of unbranched alkanes of at least 4 members (excludes halogenated alkanes) is 2. The zero-order chi connectivity index (χ0) is 22.2. The van der Waals surface area contributed by atoms with E-state index in [9.17, 15) is 19.5 Å². The summed E-state index contributed by atoms with van der Waals surface area (Å²) >= 11 is 0. The molecule has 0 unspecified atom stereocenters. The molecule has 1 aliphatic rings. The van der Waals surface area contributed by atoms with Crippen molar-refractivity contribution in [2.24, 2.45) is 11.8 Å². The number of hydrogen-bond acceptors (Lipinski definition) is 4. The standard InChI is InChI=1S/C20H32O5/c1-2-3-6-9-15(21)12-13-17-16(18(22)14-19(17)23)10-7-4-5-8-11-20(24)25/h4,7,16-17,19,23H,2-3,5-6,8-14H2,1H3,(H,24,25)/b7-4-/t16-,17-,19-/m1/s1/i5D2,8D2. The van der Waals surface area contributed by atoms with E-state index >= 15 is 0 Å². The molecule has 1 rings (SSSR count). The summed E-state index contributed by atoms with van der Waals surface area (Å²) < 4.78 is 30.9. The maximum atomic E-state index is 12.2. The van der Waals surface area contributed by atoms with E-state index in [0.29, 0.717) is 19.3 Å². The highest BCUT2D eigenvalue weighted by Gasteiger charge is 2.40. The van der Waals surface area contributed by atoms with Gasteiger partial charge in [0.1, 0.15) is 11.6 Å². The molecular formula is C20H32O5. The van der Waals surface area contributed by atoms with Gasteiger partial charge in [0.25, 0.3) is 0 Å². The van der Waals surface area contributed by atoms with Crippen LogP contribution < -0.4 is 0 Å². The summed E-state index contributed by atoms with van der Waals surface area (Å²) in [5.41, 5.74) is 0. The molecule has 3 atom stereocenters. The Morgan fingerprint density at radius 1 is 1.24 bits per heavy atom. The lowest BCUT2D eigenvalue weighted by Gasteiger charge is -2.19. The van der Waals surface area contributed by atoms with E-state index in [1.807, 2.05) is 0 Å². The van der Waals surface area contributed by atoms with Crippen LogP contribution in [0.15, 0.2) is 12.2 Å². The number of Topliss-reactive ketones (excluding diaryl/α,β-unsaturated/α-hetero) is 2. The van der Waals surface area contributed by atoms with Crippen molar-refractivity contribution in [2.75, 3.05) is 0 Å². The van der Waals surface area contributed by atoms with Gasteiger partial charge in [0.2, 0.25) is 0 Å². The molecule has 1 saturated carbocycles. The molecule has 0 aromatic rings. The number of aliphatic carboxylic acids is 1. The Bertz CT molecular complexity index is 618. The molecule has 0 saturated heterocycles. The van der Waals surface area contributed by atoms with Gasteiger partial charge in [-0.25, -0.2) is 0 Å². The number of aliphatic hydroxyl groups is 1. The van der Waals surface area contributed by atoms with Gasteiger partial charge in [0.05, 0.1) is 6.10 Å². The highest BCUT2D eigenvalue weighted by Crippen LogP contribution is 2.35. The Labute approximate surface area is 156 Å². The van der Waals surface area contributed by atoms with Gasteiger partial charge in [-0.1, -0.05) is 31.9 Å². The van der Waals surface area contributed by atoms with Crippen molar-refractivity contribution in [1.82, 2.24) is 0 Å². The summed E-state index contributed by atoms with van der Waals surface area (Å²) in [5.74, 6) is -2.42. The SMILES string of the molecule is [2H]C([2H])(/C=C\C[C@H]1C(=O)C[C@@H](O)[C@@H]1CCC(=O)CCCCC)C([2H])([2H])CC(=O)O. The van der Waals surface area contributed by atoms with Crippen LogP contribution in [0, 0.1) is 11.8 Å². The van der Waals surface area contributed by atoms with E-state index in [1.165, 1.54) is 6.08 Å². The van der Waals surface area contributed by atoms with Gasteiger partial charge in [-0.05, 0) is 37.9 Å². The lowest BCUT2D eigenvalue weighted by molar-refractivity contribution is -0.137. The number of carbonyl (C=O) groups is 3. The van der Waals surface area contributed by atoms with E-state index in [0.717, 1.165) is 25.3 Å². The number of carboxylic acid groups (broad SMARTS) is 1. The molecule has 142 valence electrons. The minimum Gasteiger partial charge on any atom is -0.481 e. The Kier molecular flexibility index (Phi) is 7.53. The molecule has 0 amide bonds. The number of carbonyl (C=O) groups excluding carboxylic acids is 2. The van der Waals surface area contributed by atoms with E-state index < -0.39 is 37.2 Å². The maximum absolute atomic E-state index is 12.2.